The Morgan fingerprint density at radius 1 is 1.11 bits per heavy atom. The van der Waals surface area contributed by atoms with Gasteiger partial charge in [0, 0.05) is 32.1 Å². The third-order valence-electron chi connectivity index (χ3n) is 2.12. The van der Waals surface area contributed by atoms with Gasteiger partial charge in [0.1, 0.15) is 0 Å². The molecule has 0 bridgehead atoms. The maximum atomic E-state index is 11.3. The number of hydrogen-bond acceptors (Lipinski definition) is 5. The summed E-state index contributed by atoms with van der Waals surface area (Å²) < 4.78 is 0. The summed E-state index contributed by atoms with van der Waals surface area (Å²) in [5.74, 6) is 4.53. The molecule has 0 aromatic rings. The van der Waals surface area contributed by atoms with Crippen molar-refractivity contribution in [3.05, 3.63) is 0 Å². The molecule has 18 heavy (non-hydrogen) atoms. The van der Waals surface area contributed by atoms with Crippen molar-refractivity contribution in [3.8, 4) is 0 Å². The zero-order chi connectivity index (χ0) is 13.6. The number of carbonyl (C=O) groups is 2. The lowest BCUT2D eigenvalue weighted by atomic mass is 10.2. The van der Waals surface area contributed by atoms with Crippen molar-refractivity contribution >= 4 is 24.2 Å². The van der Waals surface area contributed by atoms with E-state index < -0.39 is 0 Å². The minimum atomic E-state index is -0.344. The number of nitrogens with two attached hydrogens (primary N) is 2. The molecule has 102 valence electrons. The van der Waals surface area contributed by atoms with Crippen molar-refractivity contribution in [2.75, 3.05) is 13.1 Å². The third kappa shape index (κ3) is 12.2. The summed E-state index contributed by atoms with van der Waals surface area (Å²) in [6, 6.07) is 0. The van der Waals surface area contributed by atoms with Gasteiger partial charge in [0.05, 0.1) is 6.21 Å². The Morgan fingerprint density at radius 3 is 2.56 bits per heavy atom. The highest BCUT2D eigenvalue weighted by Crippen LogP contribution is 1.95. The van der Waals surface area contributed by atoms with Crippen molar-refractivity contribution in [3.63, 3.8) is 0 Å². The molecule has 0 radical (unpaired) electrons. The van der Waals surface area contributed by atoms with Gasteiger partial charge in [0.25, 0.3) is 0 Å². The van der Waals surface area contributed by atoms with E-state index in [-0.39, 0.29) is 11.8 Å². The Hall–Kier alpha value is -1.92. The van der Waals surface area contributed by atoms with Crippen molar-refractivity contribution in [1.29, 1.82) is 0 Å². The Labute approximate surface area is 107 Å². The van der Waals surface area contributed by atoms with Crippen LogP contribution in [0.3, 0.4) is 0 Å². The molecule has 7 heteroatoms. The summed E-state index contributed by atoms with van der Waals surface area (Å²) in [7, 11) is 0. The molecule has 0 saturated heterocycles. The summed E-state index contributed by atoms with van der Waals surface area (Å²) in [4.78, 5) is 25.8. The van der Waals surface area contributed by atoms with Gasteiger partial charge in [-0.25, -0.2) is 0 Å². The molecule has 0 rings (SSSR count). The number of nitrogens with zero attached hydrogens (tertiary/aromatic N) is 2. The molecule has 0 atom stereocenters. The fraction of sp³-hybridized carbons (Fsp3) is 0.636. The van der Waals surface area contributed by atoms with E-state index in [1.807, 2.05) is 0 Å². The van der Waals surface area contributed by atoms with Gasteiger partial charge in [-0.2, -0.15) is 5.10 Å². The predicted molar refractivity (Wildman–Crippen MR) is 71.3 cm³/mol. The standard InChI is InChI=1S/C11H21N5O2/c12-10(17)4-3-7-15-11(18)5-1-2-6-14-8-9-16-13/h8-9H,1-7,13H2,(H2,12,17)(H,15,18)/b14-8?,16-9-. The van der Waals surface area contributed by atoms with Crippen LogP contribution in [0.2, 0.25) is 0 Å². The Bertz CT molecular complexity index is 302. The number of aliphatic imine (C=N–C) groups is 1. The average Bonchev–Trinajstić information content (AvgIpc) is 2.33. The van der Waals surface area contributed by atoms with E-state index in [1.54, 1.807) is 0 Å². The second-order valence-electron chi connectivity index (χ2n) is 3.73. The molecule has 7 nitrogen and oxygen atoms in total. The molecule has 0 aliphatic heterocycles. The largest absolute Gasteiger partial charge is 0.370 e. The number of amides is 2. The Morgan fingerprint density at radius 2 is 1.89 bits per heavy atom. The lowest BCUT2D eigenvalue weighted by Crippen LogP contribution is -2.25. The Balaban J connectivity index is 3.34. The van der Waals surface area contributed by atoms with Gasteiger partial charge in [-0.3, -0.25) is 14.6 Å². The summed E-state index contributed by atoms with van der Waals surface area (Å²) in [6.45, 7) is 1.15. The van der Waals surface area contributed by atoms with Crippen LogP contribution in [0.15, 0.2) is 10.1 Å². The number of hydrogen-bond donors (Lipinski definition) is 3. The van der Waals surface area contributed by atoms with Crippen LogP contribution in [0, 0.1) is 0 Å². The minimum Gasteiger partial charge on any atom is -0.370 e. The Kier molecular flexibility index (Phi) is 10.3. The fourth-order valence-electron chi connectivity index (χ4n) is 1.23. The summed E-state index contributed by atoms with van der Waals surface area (Å²) in [6.07, 6.45) is 5.91. The molecule has 0 aromatic heterocycles. The van der Waals surface area contributed by atoms with Crippen LogP contribution in [-0.2, 0) is 9.59 Å². The zero-order valence-corrected chi connectivity index (χ0v) is 10.5. The third-order valence-corrected chi connectivity index (χ3v) is 2.12. The SMILES string of the molecule is N/N=C\C=NCCCCC(=O)NCCCC(N)=O. The average molecular weight is 255 g/mol. The summed E-state index contributed by atoms with van der Waals surface area (Å²) in [5, 5.41) is 5.99. The van der Waals surface area contributed by atoms with Gasteiger partial charge >= 0.3 is 0 Å². The van der Waals surface area contributed by atoms with Crippen LogP contribution >= 0.6 is 0 Å². The van der Waals surface area contributed by atoms with E-state index in [0.717, 1.165) is 12.8 Å². The first-order valence-electron chi connectivity index (χ1n) is 5.93. The van der Waals surface area contributed by atoms with Crippen LogP contribution < -0.4 is 16.9 Å². The number of nitrogens with one attached hydrogen (secondary N) is 1. The molecule has 0 saturated carbocycles. The number of rotatable bonds is 10. The first-order chi connectivity index (χ1) is 8.66. The highest BCUT2D eigenvalue weighted by Gasteiger charge is 2.00. The van der Waals surface area contributed by atoms with Gasteiger partial charge in [0.2, 0.25) is 11.8 Å². The molecule has 0 fully saturated rings. The second-order valence-corrected chi connectivity index (χ2v) is 3.73. The van der Waals surface area contributed by atoms with Gasteiger partial charge in [0.15, 0.2) is 0 Å². The molecular formula is C11H21N5O2. The van der Waals surface area contributed by atoms with E-state index >= 15 is 0 Å². The van der Waals surface area contributed by atoms with Gasteiger partial charge < -0.3 is 16.9 Å². The maximum absolute atomic E-state index is 11.3. The normalized spacial score (nSPS) is 11.1. The lowest BCUT2D eigenvalue weighted by molar-refractivity contribution is -0.122. The zero-order valence-electron chi connectivity index (χ0n) is 10.5. The van der Waals surface area contributed by atoms with Crippen LogP contribution in [-0.4, -0.2) is 37.3 Å². The highest BCUT2D eigenvalue weighted by atomic mass is 16.2. The van der Waals surface area contributed by atoms with Crippen molar-refractivity contribution < 1.29 is 9.59 Å². The van der Waals surface area contributed by atoms with Crippen molar-refractivity contribution in [1.82, 2.24) is 5.32 Å². The van der Waals surface area contributed by atoms with E-state index in [0.29, 0.717) is 32.4 Å². The smallest absolute Gasteiger partial charge is 0.219 e. The maximum Gasteiger partial charge on any atom is 0.219 e. The van der Waals surface area contributed by atoms with Crippen LogP contribution in [0.5, 0.6) is 0 Å². The lowest BCUT2D eigenvalue weighted by Gasteiger charge is -2.03. The molecule has 0 heterocycles. The number of carbonyl (C=O) groups excluding carboxylic acids is 2. The van der Waals surface area contributed by atoms with Gasteiger partial charge in [-0.1, -0.05) is 0 Å². The summed E-state index contributed by atoms with van der Waals surface area (Å²) in [5.41, 5.74) is 4.98. The van der Waals surface area contributed by atoms with E-state index in [9.17, 15) is 9.59 Å². The number of primary amides is 1. The molecule has 0 aromatic carbocycles. The topological polar surface area (TPSA) is 123 Å². The van der Waals surface area contributed by atoms with Crippen LogP contribution in [0.1, 0.15) is 32.1 Å². The fourth-order valence-corrected chi connectivity index (χ4v) is 1.23. The number of unbranched alkanes of at least 4 members (excludes halogenated alkanes) is 1. The highest BCUT2D eigenvalue weighted by molar-refractivity contribution is 6.15. The summed E-state index contributed by atoms with van der Waals surface area (Å²) >= 11 is 0. The van der Waals surface area contributed by atoms with E-state index in [4.69, 9.17) is 11.6 Å². The van der Waals surface area contributed by atoms with Crippen molar-refractivity contribution in [2.24, 2.45) is 21.7 Å². The molecule has 0 aliphatic carbocycles. The van der Waals surface area contributed by atoms with E-state index in [1.165, 1.54) is 12.4 Å². The van der Waals surface area contributed by atoms with Crippen molar-refractivity contribution in [2.45, 2.75) is 32.1 Å². The van der Waals surface area contributed by atoms with E-state index in [2.05, 4.69) is 15.4 Å². The predicted octanol–water partition coefficient (Wildman–Crippen LogP) is -0.446. The van der Waals surface area contributed by atoms with Gasteiger partial charge in [-0.05, 0) is 19.3 Å². The second kappa shape index (κ2) is 11.6. The first-order valence-corrected chi connectivity index (χ1v) is 5.93. The molecule has 2 amide bonds. The molecule has 5 N–H and O–H groups in total. The quantitative estimate of drug-likeness (QED) is 0.212. The molecule has 0 unspecified atom stereocenters. The molecular weight excluding hydrogens is 234 g/mol. The molecule has 0 spiro atoms. The monoisotopic (exact) mass is 255 g/mol. The minimum absolute atomic E-state index is 0.00743. The number of hydrazone groups is 1. The van der Waals surface area contributed by atoms with Gasteiger partial charge in [-0.15, -0.1) is 0 Å². The molecule has 0 aliphatic rings. The first kappa shape index (κ1) is 16.1. The van der Waals surface area contributed by atoms with Crippen LogP contribution in [0.4, 0.5) is 0 Å². The van der Waals surface area contributed by atoms with Crippen LogP contribution in [0.25, 0.3) is 0 Å².